The molecular weight excluding hydrogens is 296 g/mol. The first-order valence-electron chi connectivity index (χ1n) is 7.87. The number of ether oxygens (including phenoxy) is 2. The topological polar surface area (TPSA) is 67.9 Å². The van der Waals surface area contributed by atoms with E-state index in [-0.39, 0.29) is 12.0 Å². The van der Waals surface area contributed by atoms with Crippen molar-refractivity contribution in [3.63, 3.8) is 0 Å². The summed E-state index contributed by atoms with van der Waals surface area (Å²) >= 11 is 0. The second-order valence-electron chi connectivity index (χ2n) is 5.80. The maximum atomic E-state index is 12.1. The van der Waals surface area contributed by atoms with E-state index < -0.39 is 5.97 Å². The molecule has 1 saturated heterocycles. The minimum absolute atomic E-state index is 0.0888. The zero-order valence-electron chi connectivity index (χ0n) is 13.7. The van der Waals surface area contributed by atoms with Gasteiger partial charge < -0.3 is 14.8 Å². The van der Waals surface area contributed by atoms with Gasteiger partial charge in [-0.25, -0.2) is 4.79 Å². The third-order valence-corrected chi connectivity index (χ3v) is 3.79. The van der Waals surface area contributed by atoms with E-state index in [0.717, 1.165) is 26.0 Å². The molecule has 23 heavy (non-hydrogen) atoms. The highest BCUT2D eigenvalue weighted by molar-refractivity contribution is 5.93. The third-order valence-electron chi connectivity index (χ3n) is 3.79. The van der Waals surface area contributed by atoms with Crippen LogP contribution in [0.15, 0.2) is 24.3 Å². The molecule has 1 heterocycles. The van der Waals surface area contributed by atoms with Crippen molar-refractivity contribution in [2.24, 2.45) is 0 Å². The van der Waals surface area contributed by atoms with Gasteiger partial charge in [-0.15, -0.1) is 0 Å². The number of methoxy groups -OCH3 is 1. The van der Waals surface area contributed by atoms with Gasteiger partial charge in [0.25, 0.3) is 0 Å². The summed E-state index contributed by atoms with van der Waals surface area (Å²) in [5.74, 6) is -0.482. The second kappa shape index (κ2) is 8.64. The first kappa shape index (κ1) is 17.4. The zero-order chi connectivity index (χ0) is 16.7. The first-order chi connectivity index (χ1) is 11.1. The van der Waals surface area contributed by atoms with Gasteiger partial charge in [0.1, 0.15) is 0 Å². The number of esters is 1. The molecule has 1 fully saturated rings. The normalized spacial score (nSPS) is 17.8. The molecule has 0 aromatic heterocycles. The van der Waals surface area contributed by atoms with E-state index in [1.165, 1.54) is 13.5 Å². The number of rotatable bonds is 6. The number of hydrogen-bond acceptors (Lipinski definition) is 5. The molecule has 1 amide bonds. The minimum Gasteiger partial charge on any atom is -0.465 e. The van der Waals surface area contributed by atoms with Crippen molar-refractivity contribution < 1.29 is 19.1 Å². The summed E-state index contributed by atoms with van der Waals surface area (Å²) in [6.45, 7) is 1.88. The predicted octanol–water partition coefficient (Wildman–Crippen LogP) is 1.91. The lowest BCUT2D eigenvalue weighted by Gasteiger charge is -2.27. The van der Waals surface area contributed by atoms with Gasteiger partial charge in [-0.1, -0.05) is 0 Å². The molecule has 6 nitrogen and oxygen atoms in total. The van der Waals surface area contributed by atoms with E-state index in [4.69, 9.17) is 4.74 Å². The van der Waals surface area contributed by atoms with Gasteiger partial charge in [0.05, 0.1) is 25.3 Å². The lowest BCUT2D eigenvalue weighted by molar-refractivity contribution is -0.117. The molecule has 0 radical (unpaired) electrons. The SMILES string of the molecule is COC(=O)c1ccc(NC(=O)CN(C)CC2CCCCO2)cc1. The number of nitrogens with zero attached hydrogens (tertiary/aromatic N) is 1. The fourth-order valence-electron chi connectivity index (χ4n) is 2.62. The maximum absolute atomic E-state index is 12.1. The van der Waals surface area contributed by atoms with E-state index in [1.807, 2.05) is 11.9 Å². The molecule has 0 saturated carbocycles. The van der Waals surface area contributed by atoms with E-state index >= 15 is 0 Å². The average Bonchev–Trinajstić information content (AvgIpc) is 2.55. The van der Waals surface area contributed by atoms with E-state index in [1.54, 1.807) is 24.3 Å². The number of anilines is 1. The molecule has 1 aromatic rings. The molecule has 0 bridgehead atoms. The van der Waals surface area contributed by atoms with Crippen LogP contribution in [0.3, 0.4) is 0 Å². The Bertz CT molecular complexity index is 524. The molecule has 6 heteroatoms. The smallest absolute Gasteiger partial charge is 0.337 e. The number of likely N-dealkylation sites (N-methyl/N-ethyl adjacent to an activating group) is 1. The van der Waals surface area contributed by atoms with Gasteiger partial charge >= 0.3 is 5.97 Å². The predicted molar refractivity (Wildman–Crippen MR) is 87.5 cm³/mol. The van der Waals surface area contributed by atoms with Crippen molar-refractivity contribution in [1.82, 2.24) is 4.90 Å². The van der Waals surface area contributed by atoms with Crippen molar-refractivity contribution in [3.05, 3.63) is 29.8 Å². The first-order valence-corrected chi connectivity index (χ1v) is 7.87. The molecule has 1 aliphatic heterocycles. The van der Waals surface area contributed by atoms with Crippen molar-refractivity contribution in [2.75, 3.05) is 39.2 Å². The quantitative estimate of drug-likeness (QED) is 0.811. The summed E-state index contributed by atoms with van der Waals surface area (Å²) in [5, 5.41) is 2.82. The summed E-state index contributed by atoms with van der Waals surface area (Å²) in [6, 6.07) is 6.63. The number of carbonyl (C=O) groups excluding carboxylic acids is 2. The van der Waals surface area contributed by atoms with Crippen LogP contribution in [-0.4, -0.2) is 56.7 Å². The highest BCUT2D eigenvalue weighted by atomic mass is 16.5. The highest BCUT2D eigenvalue weighted by Crippen LogP contribution is 2.14. The van der Waals surface area contributed by atoms with Gasteiger partial charge in [0.15, 0.2) is 0 Å². The largest absolute Gasteiger partial charge is 0.465 e. The summed E-state index contributed by atoms with van der Waals surface area (Å²) in [4.78, 5) is 25.4. The van der Waals surface area contributed by atoms with Gasteiger partial charge in [-0.05, 0) is 50.6 Å². The van der Waals surface area contributed by atoms with Crippen LogP contribution in [0.4, 0.5) is 5.69 Å². The minimum atomic E-state index is -0.393. The Labute approximate surface area is 136 Å². The van der Waals surface area contributed by atoms with Crippen molar-refractivity contribution >= 4 is 17.6 Å². The highest BCUT2D eigenvalue weighted by Gasteiger charge is 2.17. The molecule has 1 unspecified atom stereocenters. The molecule has 1 atom stereocenters. The molecule has 126 valence electrons. The summed E-state index contributed by atoms with van der Waals surface area (Å²) < 4.78 is 10.3. The number of benzene rings is 1. The van der Waals surface area contributed by atoms with Crippen LogP contribution in [-0.2, 0) is 14.3 Å². The Morgan fingerprint density at radius 1 is 1.30 bits per heavy atom. The van der Waals surface area contributed by atoms with Crippen LogP contribution in [0.2, 0.25) is 0 Å². The van der Waals surface area contributed by atoms with Crippen molar-refractivity contribution in [2.45, 2.75) is 25.4 Å². The molecule has 1 aliphatic rings. The van der Waals surface area contributed by atoms with Gasteiger partial charge in [-0.2, -0.15) is 0 Å². The van der Waals surface area contributed by atoms with Gasteiger partial charge in [-0.3, -0.25) is 9.69 Å². The number of hydrogen-bond donors (Lipinski definition) is 1. The summed E-state index contributed by atoms with van der Waals surface area (Å²) in [7, 11) is 3.25. The number of amides is 1. The molecule has 2 rings (SSSR count). The summed E-state index contributed by atoms with van der Waals surface area (Å²) in [5.41, 5.74) is 1.11. The maximum Gasteiger partial charge on any atom is 0.337 e. The Kier molecular flexibility index (Phi) is 6.55. The Morgan fingerprint density at radius 3 is 2.65 bits per heavy atom. The molecule has 0 spiro atoms. The Balaban J connectivity index is 1.78. The fraction of sp³-hybridized carbons (Fsp3) is 0.529. The van der Waals surface area contributed by atoms with Gasteiger partial charge in [0.2, 0.25) is 5.91 Å². The van der Waals surface area contributed by atoms with Crippen LogP contribution in [0.25, 0.3) is 0 Å². The van der Waals surface area contributed by atoms with Crippen LogP contribution < -0.4 is 5.32 Å². The van der Waals surface area contributed by atoms with E-state index in [0.29, 0.717) is 17.8 Å². The second-order valence-corrected chi connectivity index (χ2v) is 5.80. The lowest BCUT2D eigenvalue weighted by atomic mass is 10.1. The molecule has 1 aromatic carbocycles. The standard InChI is InChI=1S/C17H24N2O4/c1-19(11-15-5-3-4-10-23-15)12-16(20)18-14-8-6-13(7-9-14)17(21)22-2/h6-9,15H,3-5,10-12H2,1-2H3,(H,18,20). The van der Waals surface area contributed by atoms with E-state index in [2.05, 4.69) is 10.1 Å². The van der Waals surface area contributed by atoms with Crippen molar-refractivity contribution in [3.8, 4) is 0 Å². The van der Waals surface area contributed by atoms with Gasteiger partial charge in [0, 0.05) is 18.8 Å². The van der Waals surface area contributed by atoms with Crippen LogP contribution in [0.5, 0.6) is 0 Å². The average molecular weight is 320 g/mol. The molecule has 1 N–H and O–H groups in total. The van der Waals surface area contributed by atoms with Crippen LogP contribution in [0.1, 0.15) is 29.6 Å². The van der Waals surface area contributed by atoms with E-state index in [9.17, 15) is 9.59 Å². The van der Waals surface area contributed by atoms with Crippen LogP contribution >= 0.6 is 0 Å². The Hall–Kier alpha value is -1.92. The lowest BCUT2D eigenvalue weighted by Crippen LogP contribution is -2.37. The zero-order valence-corrected chi connectivity index (χ0v) is 13.7. The monoisotopic (exact) mass is 320 g/mol. The van der Waals surface area contributed by atoms with Crippen LogP contribution in [0, 0.1) is 0 Å². The molecular formula is C17H24N2O4. The Morgan fingerprint density at radius 2 is 2.04 bits per heavy atom. The number of nitrogens with one attached hydrogen (secondary N) is 1. The van der Waals surface area contributed by atoms with Crippen molar-refractivity contribution in [1.29, 1.82) is 0 Å². The molecule has 0 aliphatic carbocycles. The third kappa shape index (κ3) is 5.65. The number of carbonyl (C=O) groups is 2. The summed E-state index contributed by atoms with van der Waals surface area (Å²) in [6.07, 6.45) is 3.60. The fourth-order valence-corrected chi connectivity index (χ4v) is 2.62.